The minimum atomic E-state index is -0.127. The largest absolute Gasteiger partial charge is 0.354 e. The molecule has 0 aliphatic carbocycles. The zero-order valence-electron chi connectivity index (χ0n) is 13.1. The quantitative estimate of drug-likeness (QED) is 0.702. The Morgan fingerprint density at radius 3 is 2.45 bits per heavy atom. The summed E-state index contributed by atoms with van der Waals surface area (Å²) in [5.41, 5.74) is 0. The molecule has 126 valence electrons. The number of hydrogen-bond acceptors (Lipinski definition) is 4. The predicted molar refractivity (Wildman–Crippen MR) is 85.6 cm³/mol. The molecular weight excluding hydrogens is 306 g/mol. The van der Waals surface area contributed by atoms with E-state index in [9.17, 15) is 14.4 Å². The van der Waals surface area contributed by atoms with Crippen LogP contribution in [0.1, 0.15) is 39.0 Å². The maximum Gasteiger partial charge on any atom is 0.229 e. The highest BCUT2D eigenvalue weighted by molar-refractivity contribution is 6.01. The lowest BCUT2D eigenvalue weighted by Gasteiger charge is -2.28. The number of imide groups is 1. The second-order valence-electron chi connectivity index (χ2n) is 6.06. The Bertz CT molecular complexity index is 395. The lowest BCUT2D eigenvalue weighted by Crippen LogP contribution is -2.38. The number of likely N-dealkylation sites (tertiary alicyclic amines) is 1. The van der Waals surface area contributed by atoms with E-state index in [4.69, 9.17) is 0 Å². The van der Waals surface area contributed by atoms with Gasteiger partial charge in [0, 0.05) is 32.4 Å². The molecule has 0 aromatic rings. The summed E-state index contributed by atoms with van der Waals surface area (Å²) in [6.45, 7) is 4.86. The van der Waals surface area contributed by atoms with Crippen molar-refractivity contribution in [2.45, 2.75) is 39.0 Å². The van der Waals surface area contributed by atoms with Crippen LogP contribution < -0.4 is 10.6 Å². The molecule has 6 nitrogen and oxygen atoms in total. The van der Waals surface area contributed by atoms with Gasteiger partial charge >= 0.3 is 0 Å². The van der Waals surface area contributed by atoms with Crippen molar-refractivity contribution >= 4 is 30.1 Å². The number of piperidine rings is 1. The molecule has 0 spiro atoms. The summed E-state index contributed by atoms with van der Waals surface area (Å²) < 4.78 is 0. The molecule has 2 aliphatic heterocycles. The van der Waals surface area contributed by atoms with E-state index in [1.54, 1.807) is 0 Å². The van der Waals surface area contributed by atoms with Gasteiger partial charge in [-0.2, -0.15) is 0 Å². The molecule has 0 aromatic carbocycles. The first-order valence-electron chi connectivity index (χ1n) is 7.88. The fourth-order valence-electron chi connectivity index (χ4n) is 3.12. The Morgan fingerprint density at radius 2 is 1.86 bits per heavy atom. The first-order valence-corrected chi connectivity index (χ1v) is 7.88. The molecule has 2 N–H and O–H groups in total. The van der Waals surface area contributed by atoms with E-state index in [-0.39, 0.29) is 30.1 Å². The Morgan fingerprint density at radius 1 is 1.27 bits per heavy atom. The monoisotopic (exact) mass is 331 g/mol. The van der Waals surface area contributed by atoms with Crippen LogP contribution in [0.4, 0.5) is 0 Å². The number of nitrogens with zero attached hydrogens (tertiary/aromatic N) is 1. The summed E-state index contributed by atoms with van der Waals surface area (Å²) >= 11 is 0. The van der Waals surface area contributed by atoms with Gasteiger partial charge in [0.05, 0.1) is 0 Å². The SMILES string of the molecule is CC(CC(=O)NCCN1C(=O)CCC1=O)C1CCNCC1.Cl. The van der Waals surface area contributed by atoms with Crippen LogP contribution in [0.15, 0.2) is 0 Å². The highest BCUT2D eigenvalue weighted by Crippen LogP contribution is 2.24. The van der Waals surface area contributed by atoms with Gasteiger partial charge in [0.15, 0.2) is 0 Å². The van der Waals surface area contributed by atoms with Gasteiger partial charge in [0.25, 0.3) is 0 Å². The summed E-state index contributed by atoms with van der Waals surface area (Å²) in [7, 11) is 0. The Balaban J connectivity index is 0.00000242. The van der Waals surface area contributed by atoms with E-state index in [0.717, 1.165) is 25.9 Å². The van der Waals surface area contributed by atoms with Crippen molar-refractivity contribution in [3.8, 4) is 0 Å². The standard InChI is InChI=1S/C15H25N3O3.ClH/c1-11(12-4-6-16-7-5-12)10-13(19)17-8-9-18-14(20)2-3-15(18)21;/h11-12,16H,2-10H2,1H3,(H,17,19);1H. The van der Waals surface area contributed by atoms with Crippen LogP contribution in [0.25, 0.3) is 0 Å². The van der Waals surface area contributed by atoms with E-state index < -0.39 is 0 Å². The minimum Gasteiger partial charge on any atom is -0.354 e. The van der Waals surface area contributed by atoms with Crippen LogP contribution in [-0.2, 0) is 14.4 Å². The molecule has 0 bridgehead atoms. The van der Waals surface area contributed by atoms with Crippen molar-refractivity contribution in [2.24, 2.45) is 11.8 Å². The molecule has 2 aliphatic rings. The van der Waals surface area contributed by atoms with Gasteiger partial charge < -0.3 is 10.6 Å². The minimum absolute atomic E-state index is 0. The molecule has 2 rings (SSSR count). The molecule has 0 radical (unpaired) electrons. The van der Waals surface area contributed by atoms with Gasteiger partial charge in [-0.05, 0) is 37.8 Å². The van der Waals surface area contributed by atoms with Gasteiger partial charge in [-0.1, -0.05) is 6.92 Å². The van der Waals surface area contributed by atoms with Crippen molar-refractivity contribution in [1.29, 1.82) is 0 Å². The molecule has 7 heteroatoms. The number of carbonyl (C=O) groups is 3. The fraction of sp³-hybridized carbons (Fsp3) is 0.800. The molecule has 0 saturated carbocycles. The summed E-state index contributed by atoms with van der Waals surface area (Å²) in [6.07, 6.45) is 3.39. The normalized spacial score (nSPS) is 20.7. The zero-order chi connectivity index (χ0) is 15.2. The van der Waals surface area contributed by atoms with Gasteiger partial charge in [-0.3, -0.25) is 19.3 Å². The van der Waals surface area contributed by atoms with E-state index >= 15 is 0 Å². The Kier molecular flexibility index (Phi) is 7.82. The van der Waals surface area contributed by atoms with Crippen molar-refractivity contribution < 1.29 is 14.4 Å². The van der Waals surface area contributed by atoms with E-state index in [0.29, 0.717) is 44.2 Å². The third kappa shape index (κ3) is 5.25. The zero-order valence-corrected chi connectivity index (χ0v) is 13.9. The van der Waals surface area contributed by atoms with Crippen molar-refractivity contribution in [2.75, 3.05) is 26.2 Å². The average Bonchev–Trinajstić information content (AvgIpc) is 2.80. The maximum absolute atomic E-state index is 11.9. The molecule has 2 fully saturated rings. The number of rotatable bonds is 6. The molecule has 2 heterocycles. The van der Waals surface area contributed by atoms with E-state index in [1.165, 1.54) is 4.90 Å². The molecule has 2 saturated heterocycles. The number of nitrogens with one attached hydrogen (secondary N) is 2. The molecule has 0 aromatic heterocycles. The number of halogens is 1. The molecular formula is C15H26ClN3O3. The smallest absolute Gasteiger partial charge is 0.229 e. The van der Waals surface area contributed by atoms with Crippen molar-refractivity contribution in [3.05, 3.63) is 0 Å². The first-order chi connectivity index (χ1) is 10.1. The Hall–Kier alpha value is -1.14. The lowest BCUT2D eigenvalue weighted by molar-refractivity contribution is -0.138. The van der Waals surface area contributed by atoms with E-state index in [2.05, 4.69) is 17.6 Å². The van der Waals surface area contributed by atoms with E-state index in [1.807, 2.05) is 0 Å². The average molecular weight is 332 g/mol. The predicted octanol–water partition coefficient (Wildman–Crippen LogP) is 0.699. The van der Waals surface area contributed by atoms with Crippen molar-refractivity contribution in [1.82, 2.24) is 15.5 Å². The second-order valence-corrected chi connectivity index (χ2v) is 6.06. The third-order valence-corrected chi connectivity index (χ3v) is 4.51. The molecule has 3 amide bonds. The first kappa shape index (κ1) is 18.9. The van der Waals surface area contributed by atoms with Crippen LogP contribution in [-0.4, -0.2) is 48.8 Å². The second kappa shape index (κ2) is 9.10. The summed E-state index contributed by atoms with van der Waals surface area (Å²) in [6, 6.07) is 0. The fourth-order valence-corrected chi connectivity index (χ4v) is 3.12. The lowest BCUT2D eigenvalue weighted by atomic mass is 9.84. The van der Waals surface area contributed by atoms with Crippen LogP contribution in [0.5, 0.6) is 0 Å². The topological polar surface area (TPSA) is 78.5 Å². The highest BCUT2D eigenvalue weighted by atomic mass is 35.5. The number of amides is 3. The van der Waals surface area contributed by atoms with Crippen molar-refractivity contribution in [3.63, 3.8) is 0 Å². The molecule has 22 heavy (non-hydrogen) atoms. The van der Waals surface area contributed by atoms with Gasteiger partial charge in [0.1, 0.15) is 0 Å². The number of hydrogen-bond donors (Lipinski definition) is 2. The molecule has 1 atom stereocenters. The van der Waals surface area contributed by atoms with Crippen LogP contribution in [0.2, 0.25) is 0 Å². The summed E-state index contributed by atoms with van der Waals surface area (Å²) in [5, 5.41) is 6.15. The van der Waals surface area contributed by atoms with Crippen LogP contribution in [0.3, 0.4) is 0 Å². The Labute approximate surface area is 137 Å². The number of carbonyl (C=O) groups excluding carboxylic acids is 3. The van der Waals surface area contributed by atoms with Gasteiger partial charge in [0.2, 0.25) is 17.7 Å². The molecule has 1 unspecified atom stereocenters. The highest BCUT2D eigenvalue weighted by Gasteiger charge is 2.28. The van der Waals surface area contributed by atoms with Gasteiger partial charge in [-0.15, -0.1) is 12.4 Å². The summed E-state index contributed by atoms with van der Waals surface area (Å²) in [4.78, 5) is 36.0. The maximum atomic E-state index is 11.9. The van der Waals surface area contributed by atoms with Gasteiger partial charge in [-0.25, -0.2) is 0 Å². The third-order valence-electron chi connectivity index (χ3n) is 4.51. The van der Waals surface area contributed by atoms with Crippen LogP contribution >= 0.6 is 12.4 Å². The summed E-state index contributed by atoms with van der Waals surface area (Å²) in [5.74, 6) is 0.746. The van der Waals surface area contributed by atoms with Crippen LogP contribution in [0, 0.1) is 11.8 Å².